The van der Waals surface area contributed by atoms with Crippen LogP contribution >= 0.6 is 0 Å². The average Bonchev–Trinajstić information content (AvgIpc) is 3.05. The number of ether oxygens (including phenoxy) is 2. The van der Waals surface area contributed by atoms with Crippen LogP contribution in [-0.4, -0.2) is 12.5 Å². The van der Waals surface area contributed by atoms with E-state index in [1.54, 1.807) is 0 Å². The van der Waals surface area contributed by atoms with E-state index in [1.807, 2.05) is 36.4 Å². The minimum atomic E-state index is -0.129. The maximum absolute atomic E-state index is 11.8. The van der Waals surface area contributed by atoms with Gasteiger partial charge in [0.15, 0.2) is 6.61 Å². The van der Waals surface area contributed by atoms with E-state index >= 15 is 0 Å². The highest BCUT2D eigenvalue weighted by Gasteiger charge is 2.20. The van der Waals surface area contributed by atoms with E-state index in [1.165, 1.54) is 27.8 Å². The summed E-state index contributed by atoms with van der Waals surface area (Å²) < 4.78 is 11.7. The molecule has 0 saturated heterocycles. The number of benzene rings is 4. The molecule has 4 nitrogen and oxygen atoms in total. The van der Waals surface area contributed by atoms with Gasteiger partial charge >= 0.3 is 0 Å². The fraction of sp³-hybridized carbons (Fsp3) is 0.129. The van der Waals surface area contributed by atoms with Crippen molar-refractivity contribution in [2.45, 2.75) is 19.4 Å². The first-order chi connectivity index (χ1) is 17.2. The Hall–Kier alpha value is -4.31. The third-order valence-electron chi connectivity index (χ3n) is 6.53. The molecule has 1 aliphatic carbocycles. The van der Waals surface area contributed by atoms with Gasteiger partial charge in [-0.2, -0.15) is 0 Å². The molecule has 1 heterocycles. The Bertz CT molecular complexity index is 1440. The molecule has 0 bridgehead atoms. The van der Waals surface area contributed by atoms with Gasteiger partial charge in [-0.3, -0.25) is 4.79 Å². The van der Waals surface area contributed by atoms with E-state index in [4.69, 9.17) is 9.47 Å². The summed E-state index contributed by atoms with van der Waals surface area (Å²) in [5, 5.41) is 2.91. The van der Waals surface area contributed by atoms with Gasteiger partial charge in [0, 0.05) is 0 Å². The first-order valence-corrected chi connectivity index (χ1v) is 11.9. The van der Waals surface area contributed by atoms with Gasteiger partial charge in [0.2, 0.25) is 0 Å². The number of aryl methyl sites for hydroxylation is 2. The molecular formula is C31H25NO3. The fourth-order valence-corrected chi connectivity index (χ4v) is 4.80. The van der Waals surface area contributed by atoms with E-state index in [0.717, 1.165) is 29.7 Å². The molecule has 1 amide bonds. The summed E-state index contributed by atoms with van der Waals surface area (Å²) in [6.07, 6.45) is 4.12. The molecule has 6 rings (SSSR count). The second-order valence-corrected chi connectivity index (χ2v) is 8.90. The Morgan fingerprint density at radius 1 is 0.829 bits per heavy atom. The molecule has 172 valence electrons. The van der Waals surface area contributed by atoms with E-state index in [0.29, 0.717) is 18.0 Å². The summed E-state index contributed by atoms with van der Waals surface area (Å²) in [6.45, 7) is 0.605. The number of amides is 1. The third kappa shape index (κ3) is 4.43. The van der Waals surface area contributed by atoms with Gasteiger partial charge in [0.1, 0.15) is 18.1 Å². The summed E-state index contributed by atoms with van der Waals surface area (Å²) in [4.78, 5) is 11.8. The number of hydrogen-bond donors (Lipinski definition) is 1. The molecule has 0 radical (unpaired) electrons. The maximum Gasteiger partial charge on any atom is 0.262 e. The Labute approximate surface area is 204 Å². The zero-order valence-corrected chi connectivity index (χ0v) is 19.3. The SMILES string of the molecule is O=C1COc2ccc(/C=C3/c4ccccc4CCc4cc(OCc5ccccc5)ccc43)cc2N1. The summed E-state index contributed by atoms with van der Waals surface area (Å²) in [5.74, 6) is 1.45. The van der Waals surface area contributed by atoms with Crippen molar-refractivity contribution < 1.29 is 14.3 Å². The smallest absolute Gasteiger partial charge is 0.262 e. The molecule has 35 heavy (non-hydrogen) atoms. The van der Waals surface area contributed by atoms with Gasteiger partial charge in [-0.1, -0.05) is 66.7 Å². The lowest BCUT2D eigenvalue weighted by atomic mass is 9.92. The zero-order chi connectivity index (χ0) is 23.6. The maximum atomic E-state index is 11.8. The largest absolute Gasteiger partial charge is 0.489 e. The lowest BCUT2D eigenvalue weighted by Crippen LogP contribution is -2.25. The van der Waals surface area contributed by atoms with Crippen molar-refractivity contribution in [3.05, 3.63) is 124 Å². The number of hydrogen-bond acceptors (Lipinski definition) is 3. The Kier molecular flexibility index (Phi) is 5.55. The Morgan fingerprint density at radius 2 is 1.63 bits per heavy atom. The van der Waals surface area contributed by atoms with E-state index < -0.39 is 0 Å². The summed E-state index contributed by atoms with van der Waals surface area (Å²) in [5.41, 5.74) is 9.09. The molecule has 4 heteroatoms. The van der Waals surface area contributed by atoms with Crippen molar-refractivity contribution >= 4 is 23.2 Å². The molecule has 1 aliphatic heterocycles. The molecule has 0 fully saturated rings. The van der Waals surface area contributed by atoms with Gasteiger partial charge in [-0.15, -0.1) is 0 Å². The van der Waals surface area contributed by atoms with Crippen LogP contribution < -0.4 is 14.8 Å². The van der Waals surface area contributed by atoms with Gasteiger partial charge in [0.25, 0.3) is 5.91 Å². The predicted octanol–water partition coefficient (Wildman–Crippen LogP) is 6.28. The minimum Gasteiger partial charge on any atom is -0.489 e. The topological polar surface area (TPSA) is 47.6 Å². The van der Waals surface area contributed by atoms with Crippen molar-refractivity contribution in [1.29, 1.82) is 0 Å². The number of rotatable bonds is 4. The number of nitrogens with one attached hydrogen (secondary N) is 1. The van der Waals surface area contributed by atoms with Crippen LogP contribution in [0.1, 0.15) is 33.4 Å². The molecule has 4 aromatic rings. The average molecular weight is 460 g/mol. The second-order valence-electron chi connectivity index (χ2n) is 8.90. The van der Waals surface area contributed by atoms with Crippen LogP contribution in [0.5, 0.6) is 11.5 Å². The molecule has 0 spiro atoms. The van der Waals surface area contributed by atoms with Gasteiger partial charge in [-0.05, 0) is 82.1 Å². The molecule has 4 aromatic carbocycles. The molecule has 0 aromatic heterocycles. The molecule has 0 unspecified atom stereocenters. The van der Waals surface area contributed by atoms with Crippen LogP contribution in [0.3, 0.4) is 0 Å². The number of carbonyl (C=O) groups excluding carboxylic acids is 1. The van der Waals surface area contributed by atoms with Crippen molar-refractivity contribution in [2.24, 2.45) is 0 Å². The van der Waals surface area contributed by atoms with Crippen molar-refractivity contribution in [1.82, 2.24) is 0 Å². The number of anilines is 1. The number of carbonyl (C=O) groups is 1. The highest BCUT2D eigenvalue weighted by Crippen LogP contribution is 2.38. The van der Waals surface area contributed by atoms with Crippen molar-refractivity contribution in [3.63, 3.8) is 0 Å². The van der Waals surface area contributed by atoms with E-state index in [9.17, 15) is 4.79 Å². The Morgan fingerprint density at radius 3 is 2.54 bits per heavy atom. The van der Waals surface area contributed by atoms with E-state index in [-0.39, 0.29) is 12.5 Å². The first-order valence-electron chi connectivity index (χ1n) is 11.9. The van der Waals surface area contributed by atoms with Crippen LogP contribution in [-0.2, 0) is 24.2 Å². The molecule has 0 atom stereocenters. The Balaban J connectivity index is 1.38. The summed E-state index contributed by atoms with van der Waals surface area (Å²) >= 11 is 0. The number of fused-ring (bicyclic) bond motifs is 3. The highest BCUT2D eigenvalue weighted by atomic mass is 16.5. The fourth-order valence-electron chi connectivity index (χ4n) is 4.80. The van der Waals surface area contributed by atoms with Gasteiger partial charge in [0.05, 0.1) is 5.69 Å². The second kappa shape index (κ2) is 9.15. The van der Waals surface area contributed by atoms with E-state index in [2.05, 4.69) is 66.0 Å². The minimum absolute atomic E-state index is 0.0584. The van der Waals surface area contributed by atoms with Crippen LogP contribution in [0.2, 0.25) is 0 Å². The standard InChI is InChI=1S/C31H25NO3/c33-31-20-35-30-15-10-22(17-29(30)32-31)16-28-26-9-5-4-8-23(26)11-12-24-18-25(13-14-27(24)28)34-19-21-6-2-1-3-7-21/h1-10,13-18H,11-12,19-20H2,(H,32,33)/b28-16-. The summed E-state index contributed by atoms with van der Waals surface area (Å²) in [7, 11) is 0. The van der Waals surface area contributed by atoms with Crippen LogP contribution in [0.4, 0.5) is 5.69 Å². The highest BCUT2D eigenvalue weighted by molar-refractivity contribution is 5.98. The lowest BCUT2D eigenvalue weighted by molar-refractivity contribution is -0.118. The van der Waals surface area contributed by atoms with Crippen molar-refractivity contribution in [3.8, 4) is 11.5 Å². The quantitative estimate of drug-likeness (QED) is 0.390. The first kappa shape index (κ1) is 21.2. The molecular weight excluding hydrogens is 434 g/mol. The van der Waals surface area contributed by atoms with Gasteiger partial charge in [-0.25, -0.2) is 0 Å². The van der Waals surface area contributed by atoms with Crippen molar-refractivity contribution in [2.75, 3.05) is 11.9 Å². The summed E-state index contributed by atoms with van der Waals surface area (Å²) in [6, 6.07) is 31.2. The lowest BCUT2D eigenvalue weighted by Gasteiger charge is -2.18. The molecule has 0 saturated carbocycles. The van der Waals surface area contributed by atoms with Crippen LogP contribution in [0.15, 0.2) is 91.0 Å². The van der Waals surface area contributed by atoms with Crippen LogP contribution in [0.25, 0.3) is 11.6 Å². The monoisotopic (exact) mass is 459 g/mol. The predicted molar refractivity (Wildman–Crippen MR) is 139 cm³/mol. The normalized spacial score (nSPS) is 15.2. The zero-order valence-electron chi connectivity index (χ0n) is 19.3. The molecule has 2 aliphatic rings. The third-order valence-corrected chi connectivity index (χ3v) is 6.53. The van der Waals surface area contributed by atoms with Gasteiger partial charge < -0.3 is 14.8 Å². The molecule has 1 N–H and O–H groups in total. The van der Waals surface area contributed by atoms with Crippen LogP contribution in [0, 0.1) is 0 Å².